The fourth-order valence-electron chi connectivity index (χ4n) is 1.37. The molecule has 0 aromatic carbocycles. The van der Waals surface area contributed by atoms with Gasteiger partial charge in [-0.1, -0.05) is 6.92 Å². The molecule has 17 heavy (non-hydrogen) atoms. The predicted octanol–water partition coefficient (Wildman–Crippen LogP) is 0.415. The molecule has 0 aromatic heterocycles. The highest BCUT2D eigenvalue weighted by Gasteiger charge is 2.09. The molecule has 0 saturated heterocycles. The summed E-state index contributed by atoms with van der Waals surface area (Å²) >= 11 is 0. The lowest BCUT2D eigenvalue weighted by atomic mass is 10.2. The summed E-state index contributed by atoms with van der Waals surface area (Å²) in [5, 5.41) is 12.9. The second-order valence-electron chi connectivity index (χ2n) is 3.89. The lowest BCUT2D eigenvalue weighted by Gasteiger charge is -2.18. The maximum Gasteiger partial charge on any atom is 0.0897 e. The monoisotopic (exact) mass is 249 g/mol. The van der Waals surface area contributed by atoms with Crippen molar-refractivity contribution in [1.82, 2.24) is 5.32 Å². The van der Waals surface area contributed by atoms with Crippen LogP contribution in [-0.4, -0.2) is 63.9 Å². The van der Waals surface area contributed by atoms with E-state index < -0.39 is 6.10 Å². The van der Waals surface area contributed by atoms with Gasteiger partial charge >= 0.3 is 0 Å². The second kappa shape index (κ2) is 12.3. The van der Waals surface area contributed by atoms with Crippen LogP contribution in [0.5, 0.6) is 0 Å². The van der Waals surface area contributed by atoms with Gasteiger partial charge in [-0.25, -0.2) is 0 Å². The molecule has 0 saturated carbocycles. The van der Waals surface area contributed by atoms with E-state index in [4.69, 9.17) is 14.2 Å². The summed E-state index contributed by atoms with van der Waals surface area (Å²) in [6.45, 7) is 7.36. The lowest BCUT2D eigenvalue weighted by Crippen LogP contribution is -2.39. The predicted molar refractivity (Wildman–Crippen MR) is 67.3 cm³/mol. The fraction of sp³-hybridized carbons (Fsp3) is 1.00. The maximum absolute atomic E-state index is 9.65. The Hall–Kier alpha value is -0.200. The Kier molecular flexibility index (Phi) is 12.1. The van der Waals surface area contributed by atoms with Gasteiger partial charge in [0.15, 0.2) is 0 Å². The minimum atomic E-state index is -0.484. The highest BCUT2D eigenvalue weighted by Crippen LogP contribution is 1.93. The molecule has 2 atom stereocenters. The summed E-state index contributed by atoms with van der Waals surface area (Å²) in [5.41, 5.74) is 0. The van der Waals surface area contributed by atoms with Crippen molar-refractivity contribution in [2.45, 2.75) is 32.4 Å². The van der Waals surface area contributed by atoms with Crippen molar-refractivity contribution in [3.8, 4) is 0 Å². The molecule has 0 aliphatic carbocycles. The van der Waals surface area contributed by atoms with Crippen molar-refractivity contribution < 1.29 is 19.3 Å². The number of aliphatic hydroxyl groups excluding tert-OH is 1. The first kappa shape index (κ1) is 16.8. The molecule has 0 fully saturated rings. The summed E-state index contributed by atoms with van der Waals surface area (Å²) in [4.78, 5) is 0. The number of hydrogen-bond donors (Lipinski definition) is 2. The van der Waals surface area contributed by atoms with Crippen LogP contribution in [0.15, 0.2) is 0 Å². The van der Waals surface area contributed by atoms with Crippen molar-refractivity contribution in [2.75, 3.05) is 46.7 Å². The van der Waals surface area contributed by atoms with Gasteiger partial charge in [0.2, 0.25) is 0 Å². The van der Waals surface area contributed by atoms with E-state index in [0.717, 1.165) is 6.42 Å². The van der Waals surface area contributed by atoms with Gasteiger partial charge in [-0.2, -0.15) is 0 Å². The first-order valence-corrected chi connectivity index (χ1v) is 6.30. The average Bonchev–Trinajstić information content (AvgIpc) is 2.34. The zero-order valence-corrected chi connectivity index (χ0v) is 11.3. The van der Waals surface area contributed by atoms with Gasteiger partial charge in [-0.15, -0.1) is 0 Å². The Morgan fingerprint density at radius 1 is 1.12 bits per heavy atom. The molecule has 0 aromatic rings. The van der Waals surface area contributed by atoms with E-state index >= 15 is 0 Å². The van der Waals surface area contributed by atoms with Gasteiger partial charge in [-0.3, -0.25) is 0 Å². The Morgan fingerprint density at radius 3 is 2.41 bits per heavy atom. The molecule has 0 bridgehead atoms. The van der Waals surface area contributed by atoms with Crippen molar-refractivity contribution in [3.05, 3.63) is 0 Å². The molecule has 5 heteroatoms. The highest BCUT2D eigenvalue weighted by atomic mass is 16.5. The lowest BCUT2D eigenvalue weighted by molar-refractivity contribution is 0.00481. The third kappa shape index (κ3) is 10.7. The van der Waals surface area contributed by atoms with Crippen molar-refractivity contribution in [2.24, 2.45) is 0 Å². The van der Waals surface area contributed by atoms with Crippen molar-refractivity contribution >= 4 is 0 Å². The molecule has 0 rings (SSSR count). The molecule has 104 valence electrons. The van der Waals surface area contributed by atoms with Gasteiger partial charge in [0.1, 0.15) is 0 Å². The van der Waals surface area contributed by atoms with Crippen molar-refractivity contribution in [1.29, 1.82) is 0 Å². The molecule has 2 unspecified atom stereocenters. The van der Waals surface area contributed by atoms with Crippen LogP contribution in [0, 0.1) is 0 Å². The number of methoxy groups -OCH3 is 1. The number of nitrogens with one attached hydrogen (secondary N) is 1. The standard InChI is InChI=1S/C12H27NO4/c1-4-11(9-15-3)13-8-12(14)10-17-7-6-16-5-2/h11-14H,4-10H2,1-3H3. The van der Waals surface area contributed by atoms with Crippen LogP contribution in [0.4, 0.5) is 0 Å². The summed E-state index contributed by atoms with van der Waals surface area (Å²) < 4.78 is 15.5. The molecular formula is C12H27NO4. The fourth-order valence-corrected chi connectivity index (χ4v) is 1.37. The van der Waals surface area contributed by atoms with Crippen LogP contribution < -0.4 is 5.32 Å². The van der Waals surface area contributed by atoms with Crippen LogP contribution in [0.2, 0.25) is 0 Å². The minimum absolute atomic E-state index is 0.290. The summed E-state index contributed by atoms with van der Waals surface area (Å²) in [5.74, 6) is 0. The zero-order valence-electron chi connectivity index (χ0n) is 11.3. The first-order chi connectivity index (χ1) is 8.24. The SMILES string of the molecule is CCOCCOCC(O)CNC(CC)COC. The molecule has 0 amide bonds. The van der Waals surface area contributed by atoms with Gasteiger partial charge < -0.3 is 24.6 Å². The Labute approximate surface area is 104 Å². The topological polar surface area (TPSA) is 60.0 Å². The van der Waals surface area contributed by atoms with E-state index in [1.165, 1.54) is 0 Å². The largest absolute Gasteiger partial charge is 0.389 e. The third-order valence-corrected chi connectivity index (χ3v) is 2.39. The van der Waals surface area contributed by atoms with Gasteiger partial charge in [0.05, 0.1) is 32.5 Å². The van der Waals surface area contributed by atoms with Gasteiger partial charge in [0, 0.05) is 26.3 Å². The van der Waals surface area contributed by atoms with Crippen LogP contribution >= 0.6 is 0 Å². The van der Waals surface area contributed by atoms with E-state index in [-0.39, 0.29) is 6.04 Å². The Balaban J connectivity index is 3.40. The summed E-state index contributed by atoms with van der Waals surface area (Å²) in [6, 6.07) is 0.290. The minimum Gasteiger partial charge on any atom is -0.389 e. The molecule has 2 N–H and O–H groups in total. The first-order valence-electron chi connectivity index (χ1n) is 6.30. The van der Waals surface area contributed by atoms with E-state index in [1.807, 2.05) is 6.92 Å². The highest BCUT2D eigenvalue weighted by molar-refractivity contribution is 4.67. The average molecular weight is 249 g/mol. The number of rotatable bonds is 12. The smallest absolute Gasteiger partial charge is 0.0897 e. The van der Waals surface area contributed by atoms with Crippen LogP contribution in [0.1, 0.15) is 20.3 Å². The van der Waals surface area contributed by atoms with Crippen LogP contribution in [0.3, 0.4) is 0 Å². The van der Waals surface area contributed by atoms with E-state index in [0.29, 0.717) is 39.6 Å². The van der Waals surface area contributed by atoms with E-state index in [1.54, 1.807) is 7.11 Å². The molecule has 0 heterocycles. The third-order valence-electron chi connectivity index (χ3n) is 2.39. The normalized spacial score (nSPS) is 14.8. The van der Waals surface area contributed by atoms with Crippen LogP contribution in [0.25, 0.3) is 0 Å². The quantitative estimate of drug-likeness (QED) is 0.491. The molecule has 0 aliphatic heterocycles. The number of aliphatic hydroxyl groups is 1. The summed E-state index contributed by atoms with van der Waals surface area (Å²) in [7, 11) is 1.68. The van der Waals surface area contributed by atoms with Gasteiger partial charge in [-0.05, 0) is 13.3 Å². The molecule has 5 nitrogen and oxygen atoms in total. The number of hydrogen-bond acceptors (Lipinski definition) is 5. The summed E-state index contributed by atoms with van der Waals surface area (Å²) in [6.07, 6.45) is 0.494. The van der Waals surface area contributed by atoms with E-state index in [9.17, 15) is 5.11 Å². The zero-order chi connectivity index (χ0) is 12.9. The van der Waals surface area contributed by atoms with Gasteiger partial charge in [0.25, 0.3) is 0 Å². The van der Waals surface area contributed by atoms with Crippen molar-refractivity contribution in [3.63, 3.8) is 0 Å². The number of ether oxygens (including phenoxy) is 3. The second-order valence-corrected chi connectivity index (χ2v) is 3.89. The van der Waals surface area contributed by atoms with E-state index in [2.05, 4.69) is 12.2 Å². The molecule has 0 radical (unpaired) electrons. The maximum atomic E-state index is 9.65. The molecule has 0 aliphatic rings. The molecule has 0 spiro atoms. The Bertz CT molecular complexity index is 157. The molecular weight excluding hydrogens is 222 g/mol. The Morgan fingerprint density at radius 2 is 1.82 bits per heavy atom. The van der Waals surface area contributed by atoms with Crippen LogP contribution in [-0.2, 0) is 14.2 Å².